The number of carbonyl (C=O) groups is 1. The summed E-state index contributed by atoms with van der Waals surface area (Å²) in [6.45, 7) is 3.63. The number of halogens is 3. The van der Waals surface area contributed by atoms with Gasteiger partial charge in [0.15, 0.2) is 5.83 Å². The quantitative estimate of drug-likeness (QED) is 0.256. The van der Waals surface area contributed by atoms with Crippen LogP contribution < -0.4 is 15.4 Å². The number of amides is 1. The first-order valence-corrected chi connectivity index (χ1v) is 14.6. The van der Waals surface area contributed by atoms with Gasteiger partial charge in [-0.15, -0.1) is 0 Å². The maximum atomic E-state index is 15.0. The number of nitrogens with zero attached hydrogens (tertiary/aromatic N) is 3. The van der Waals surface area contributed by atoms with Gasteiger partial charge in [-0.1, -0.05) is 11.6 Å². The molecule has 3 heterocycles. The molecule has 3 aliphatic rings. The van der Waals surface area contributed by atoms with Crippen molar-refractivity contribution in [2.75, 3.05) is 63.3 Å². The Bertz CT molecular complexity index is 1520. The fraction of sp³-hybridized carbons (Fsp3) is 0.433. The van der Waals surface area contributed by atoms with Crippen LogP contribution in [0.4, 0.5) is 26.0 Å². The summed E-state index contributed by atoms with van der Waals surface area (Å²) in [7, 11) is 0. The molecule has 228 valence electrons. The molecule has 3 fully saturated rings. The van der Waals surface area contributed by atoms with E-state index in [0.717, 1.165) is 19.6 Å². The SMILES string of the molecule is O=C(Nc1cc2c(Nc3ccc(F)c(Cl)c3)ncnc2cc1OCC1C2COCC21)/C(F)=C/CN1CC[C@@H](OCCO)C1. The van der Waals surface area contributed by atoms with E-state index in [4.69, 9.17) is 30.9 Å². The number of carbonyl (C=O) groups excluding carboxylic acids is 1. The third kappa shape index (κ3) is 6.89. The Labute approximate surface area is 252 Å². The van der Waals surface area contributed by atoms with Crippen molar-refractivity contribution in [3.8, 4) is 5.75 Å². The lowest BCUT2D eigenvalue weighted by atomic mass is 10.1. The summed E-state index contributed by atoms with van der Waals surface area (Å²) >= 11 is 5.95. The van der Waals surface area contributed by atoms with Crippen LogP contribution in [0.25, 0.3) is 10.9 Å². The number of aliphatic hydroxyl groups excluding tert-OH is 1. The van der Waals surface area contributed by atoms with Crippen molar-refractivity contribution >= 4 is 45.6 Å². The second-order valence-electron chi connectivity index (χ2n) is 11.0. The van der Waals surface area contributed by atoms with E-state index in [9.17, 15) is 9.18 Å². The lowest BCUT2D eigenvalue weighted by molar-refractivity contribution is -0.114. The molecular formula is C30H32ClF2N5O5. The first-order valence-electron chi connectivity index (χ1n) is 14.2. The molecule has 2 aromatic carbocycles. The topological polar surface area (TPSA) is 118 Å². The number of aliphatic hydroxyl groups is 1. The Morgan fingerprint density at radius 3 is 2.86 bits per heavy atom. The number of aromatic nitrogens is 2. The maximum absolute atomic E-state index is 15.0. The van der Waals surface area contributed by atoms with Crippen LogP contribution >= 0.6 is 11.6 Å². The third-order valence-corrected chi connectivity index (χ3v) is 8.44. The van der Waals surface area contributed by atoms with Gasteiger partial charge in [0.1, 0.15) is 23.7 Å². The van der Waals surface area contributed by atoms with Crippen molar-refractivity contribution < 1.29 is 32.9 Å². The van der Waals surface area contributed by atoms with Gasteiger partial charge in [0.2, 0.25) is 0 Å². The number of hydrogen-bond acceptors (Lipinski definition) is 9. The predicted octanol–water partition coefficient (Wildman–Crippen LogP) is 4.31. The van der Waals surface area contributed by atoms with Crippen LogP contribution in [0.15, 0.2) is 48.6 Å². The maximum Gasteiger partial charge on any atom is 0.284 e. The Kier molecular flexibility index (Phi) is 9.01. The summed E-state index contributed by atoms with van der Waals surface area (Å²) in [6, 6.07) is 7.51. The summed E-state index contributed by atoms with van der Waals surface area (Å²) < 4.78 is 45.9. The van der Waals surface area contributed by atoms with Crippen LogP contribution in [0.3, 0.4) is 0 Å². The van der Waals surface area contributed by atoms with Gasteiger partial charge in [0, 0.05) is 42.7 Å². The predicted molar refractivity (Wildman–Crippen MR) is 157 cm³/mol. The fourth-order valence-corrected chi connectivity index (χ4v) is 5.89. The first-order chi connectivity index (χ1) is 20.9. The molecule has 1 saturated carbocycles. The molecule has 13 heteroatoms. The molecule has 6 rings (SSSR count). The van der Waals surface area contributed by atoms with E-state index in [1.807, 2.05) is 4.90 Å². The summed E-state index contributed by atoms with van der Waals surface area (Å²) in [5, 5.41) is 15.2. The number of rotatable bonds is 12. The molecule has 0 radical (unpaired) electrons. The Balaban J connectivity index is 1.21. The van der Waals surface area contributed by atoms with Crippen LogP contribution in [0, 0.1) is 23.6 Å². The molecule has 43 heavy (non-hydrogen) atoms. The van der Waals surface area contributed by atoms with Crippen molar-refractivity contribution in [2.24, 2.45) is 17.8 Å². The minimum atomic E-state index is -0.928. The van der Waals surface area contributed by atoms with Gasteiger partial charge in [-0.2, -0.15) is 0 Å². The first kappa shape index (κ1) is 29.6. The fourth-order valence-electron chi connectivity index (χ4n) is 5.71. The van der Waals surface area contributed by atoms with Gasteiger partial charge >= 0.3 is 0 Å². The van der Waals surface area contributed by atoms with Gasteiger partial charge in [-0.05, 0) is 48.6 Å². The molecule has 3 N–H and O–H groups in total. The van der Waals surface area contributed by atoms with Crippen LogP contribution in [0.5, 0.6) is 5.75 Å². The normalized spacial score (nSPS) is 23.4. The smallest absolute Gasteiger partial charge is 0.284 e. The van der Waals surface area contributed by atoms with Crippen LogP contribution in [-0.2, 0) is 14.3 Å². The van der Waals surface area contributed by atoms with E-state index < -0.39 is 17.6 Å². The molecule has 0 bridgehead atoms. The highest BCUT2D eigenvalue weighted by Gasteiger charge is 2.54. The Morgan fingerprint density at radius 1 is 1.23 bits per heavy atom. The van der Waals surface area contributed by atoms with Crippen molar-refractivity contribution in [1.29, 1.82) is 0 Å². The number of benzene rings is 2. The number of anilines is 3. The van der Waals surface area contributed by atoms with E-state index in [2.05, 4.69) is 20.6 Å². The number of fused-ring (bicyclic) bond motifs is 2. The molecule has 10 nitrogen and oxygen atoms in total. The minimum Gasteiger partial charge on any atom is -0.491 e. The second kappa shape index (κ2) is 13.1. The second-order valence-corrected chi connectivity index (χ2v) is 11.4. The van der Waals surface area contributed by atoms with Gasteiger partial charge in [0.25, 0.3) is 5.91 Å². The molecule has 3 atom stereocenters. The van der Waals surface area contributed by atoms with Gasteiger partial charge in [-0.3, -0.25) is 9.69 Å². The zero-order valence-corrected chi connectivity index (χ0v) is 24.0. The molecule has 1 amide bonds. The molecule has 1 aromatic heterocycles. The molecule has 2 unspecified atom stereocenters. The van der Waals surface area contributed by atoms with Crippen molar-refractivity contribution in [2.45, 2.75) is 12.5 Å². The largest absolute Gasteiger partial charge is 0.491 e. The monoisotopic (exact) mass is 615 g/mol. The van der Waals surface area contributed by atoms with Crippen LogP contribution in [-0.4, -0.2) is 84.7 Å². The van der Waals surface area contributed by atoms with E-state index in [1.165, 1.54) is 30.6 Å². The van der Waals surface area contributed by atoms with E-state index in [0.29, 0.717) is 65.6 Å². The number of likely N-dealkylation sites (tertiary alicyclic amines) is 1. The van der Waals surface area contributed by atoms with Crippen LogP contribution in [0.1, 0.15) is 6.42 Å². The minimum absolute atomic E-state index is 0.0248. The highest BCUT2D eigenvalue weighted by molar-refractivity contribution is 6.31. The summed E-state index contributed by atoms with van der Waals surface area (Å²) in [6.07, 6.45) is 3.37. The molecular weight excluding hydrogens is 584 g/mol. The van der Waals surface area contributed by atoms with Crippen molar-refractivity contribution in [1.82, 2.24) is 14.9 Å². The molecule has 2 saturated heterocycles. The lowest BCUT2D eigenvalue weighted by Crippen LogP contribution is -2.25. The van der Waals surface area contributed by atoms with Crippen molar-refractivity contribution in [3.05, 3.63) is 59.4 Å². The Hall–Kier alpha value is -3.42. The summed E-state index contributed by atoms with van der Waals surface area (Å²) in [4.78, 5) is 23.6. The highest BCUT2D eigenvalue weighted by Crippen LogP contribution is 2.51. The van der Waals surface area contributed by atoms with Gasteiger partial charge in [-0.25, -0.2) is 18.7 Å². The third-order valence-electron chi connectivity index (χ3n) is 8.15. The highest BCUT2D eigenvalue weighted by atomic mass is 35.5. The number of ether oxygens (including phenoxy) is 3. The van der Waals surface area contributed by atoms with Gasteiger partial charge < -0.3 is 30.0 Å². The average molecular weight is 616 g/mol. The molecule has 0 spiro atoms. The van der Waals surface area contributed by atoms with Crippen LogP contribution in [0.2, 0.25) is 5.02 Å². The molecule has 1 aliphatic carbocycles. The van der Waals surface area contributed by atoms with Gasteiger partial charge in [0.05, 0.1) is 55.4 Å². The summed E-state index contributed by atoms with van der Waals surface area (Å²) in [5.74, 6) is -0.344. The van der Waals surface area contributed by atoms with E-state index >= 15 is 4.39 Å². The molecule has 3 aromatic rings. The van der Waals surface area contributed by atoms with Crippen molar-refractivity contribution in [3.63, 3.8) is 0 Å². The number of hydrogen-bond donors (Lipinski definition) is 3. The zero-order valence-electron chi connectivity index (χ0n) is 23.3. The summed E-state index contributed by atoms with van der Waals surface area (Å²) in [5.41, 5.74) is 1.29. The lowest BCUT2D eigenvalue weighted by Gasteiger charge is -2.16. The zero-order chi connectivity index (χ0) is 29.9. The average Bonchev–Trinajstić information content (AvgIpc) is 3.32. The molecule has 2 aliphatic heterocycles. The Morgan fingerprint density at radius 2 is 2.07 bits per heavy atom. The van der Waals surface area contributed by atoms with E-state index in [-0.39, 0.29) is 36.6 Å². The number of nitrogens with one attached hydrogen (secondary N) is 2. The van der Waals surface area contributed by atoms with E-state index in [1.54, 1.807) is 12.1 Å². The standard InChI is InChI=1S/C30H32ClF2N5O5/c31-23-9-17(1-2-24(23)32)36-29-19-10-27(37-30(40)25(33)4-6-38-5-3-18(12-38)42-8-7-39)28(11-26(19)34-16-35-29)43-15-22-20-13-41-14-21(20)22/h1-2,4,9-11,16,18,20-22,39H,3,5-8,12-15H2,(H,37,40)(H,34,35,36)/b25-4-/t18-,20?,21?,22?/m1/s1.